The lowest BCUT2D eigenvalue weighted by atomic mass is 9.99. The highest BCUT2D eigenvalue weighted by atomic mass is 32.2. The van der Waals surface area contributed by atoms with Gasteiger partial charge in [0.15, 0.2) is 0 Å². The number of piperidine rings is 1. The molecule has 0 radical (unpaired) electrons. The first-order valence-corrected chi connectivity index (χ1v) is 15.2. The van der Waals surface area contributed by atoms with Crippen molar-refractivity contribution in [1.29, 1.82) is 0 Å². The van der Waals surface area contributed by atoms with Crippen molar-refractivity contribution >= 4 is 38.9 Å². The first kappa shape index (κ1) is 27.8. The van der Waals surface area contributed by atoms with Gasteiger partial charge in [0.1, 0.15) is 21.7 Å². The van der Waals surface area contributed by atoms with E-state index in [1.54, 1.807) is 40.4 Å². The lowest BCUT2D eigenvalue weighted by Gasteiger charge is -2.33. The summed E-state index contributed by atoms with van der Waals surface area (Å²) in [6, 6.07) is 15.4. The Labute approximate surface area is 237 Å². The number of anilines is 1. The van der Waals surface area contributed by atoms with Gasteiger partial charge in [-0.2, -0.15) is 9.40 Å². The molecule has 208 valence electrons. The average molecular weight is 579 g/mol. The first-order chi connectivity index (χ1) is 19.1. The smallest absolute Gasteiger partial charge is 0.308 e. The lowest BCUT2D eigenvalue weighted by molar-refractivity contribution is -0.131. The Morgan fingerprint density at radius 1 is 1.07 bits per heavy atom. The number of ether oxygens (including phenoxy) is 1. The van der Waals surface area contributed by atoms with Crippen molar-refractivity contribution < 1.29 is 22.7 Å². The van der Waals surface area contributed by atoms with Crippen LogP contribution < -0.4 is 10.1 Å². The zero-order valence-corrected chi connectivity index (χ0v) is 24.1. The van der Waals surface area contributed by atoms with E-state index >= 15 is 0 Å². The van der Waals surface area contributed by atoms with Gasteiger partial charge in [-0.1, -0.05) is 36.2 Å². The molecule has 0 aliphatic carbocycles. The van der Waals surface area contributed by atoms with Gasteiger partial charge >= 0.3 is 5.97 Å². The largest absolute Gasteiger partial charge is 0.426 e. The summed E-state index contributed by atoms with van der Waals surface area (Å²) < 4.78 is 35.1. The highest BCUT2D eigenvalue weighted by molar-refractivity contribution is 7.91. The highest BCUT2D eigenvalue weighted by Crippen LogP contribution is 2.37. The third-order valence-electron chi connectivity index (χ3n) is 6.75. The van der Waals surface area contributed by atoms with Gasteiger partial charge in [0, 0.05) is 43.5 Å². The summed E-state index contributed by atoms with van der Waals surface area (Å²) in [7, 11) is -1.92. The van der Waals surface area contributed by atoms with E-state index in [4.69, 9.17) is 4.74 Å². The van der Waals surface area contributed by atoms with E-state index in [-0.39, 0.29) is 10.1 Å². The summed E-state index contributed by atoms with van der Waals surface area (Å²) >= 11 is 1.15. The van der Waals surface area contributed by atoms with E-state index in [1.165, 1.54) is 11.2 Å². The van der Waals surface area contributed by atoms with Crippen LogP contribution in [0.25, 0.3) is 22.4 Å². The second-order valence-corrected chi connectivity index (χ2v) is 12.8. The minimum absolute atomic E-state index is 0.245. The van der Waals surface area contributed by atoms with E-state index in [0.29, 0.717) is 35.7 Å². The molecule has 1 amide bonds. The Morgan fingerprint density at radius 3 is 2.55 bits per heavy atom. The number of aryl methyl sites for hydroxylation is 2. The number of thiophene rings is 1. The molecule has 1 fully saturated rings. The number of nitrogens with zero attached hydrogens (tertiary/aromatic N) is 3. The summed E-state index contributed by atoms with van der Waals surface area (Å²) in [6.07, 6.45) is 3.86. The van der Waals surface area contributed by atoms with Gasteiger partial charge in [0.05, 0.1) is 0 Å². The normalized spacial score (nSPS) is 16.0. The Hall–Kier alpha value is -3.80. The molecule has 1 saturated heterocycles. The van der Waals surface area contributed by atoms with Gasteiger partial charge in [0.25, 0.3) is 10.0 Å². The average Bonchev–Trinajstić information content (AvgIpc) is 3.61. The van der Waals surface area contributed by atoms with Crippen molar-refractivity contribution in [3.8, 4) is 28.1 Å². The predicted molar refractivity (Wildman–Crippen MR) is 155 cm³/mol. The van der Waals surface area contributed by atoms with Crippen LogP contribution in [0.1, 0.15) is 31.7 Å². The van der Waals surface area contributed by atoms with E-state index in [1.807, 2.05) is 44.4 Å². The van der Waals surface area contributed by atoms with Crippen molar-refractivity contribution in [2.24, 2.45) is 7.05 Å². The van der Waals surface area contributed by atoms with Crippen LogP contribution in [0.5, 0.6) is 5.75 Å². The van der Waals surface area contributed by atoms with Crippen molar-refractivity contribution in [3.63, 3.8) is 0 Å². The zero-order chi connectivity index (χ0) is 28.4. The fourth-order valence-corrected chi connectivity index (χ4v) is 7.69. The minimum atomic E-state index is -3.74. The summed E-state index contributed by atoms with van der Waals surface area (Å²) in [4.78, 5) is 25.0. The second-order valence-electron chi connectivity index (χ2n) is 9.78. The summed E-state index contributed by atoms with van der Waals surface area (Å²) in [6.45, 7) is 3.63. The van der Waals surface area contributed by atoms with Crippen LogP contribution in [0.2, 0.25) is 0 Å². The molecule has 2 aromatic carbocycles. The highest BCUT2D eigenvalue weighted by Gasteiger charge is 2.38. The molecule has 2 aromatic heterocycles. The SMILES string of the molecule is CC(=O)Oc1ccc(C)cc1-c1nn(C)cc1-c1ccc(NC(=O)C2CCCCN2S(=O)(=O)c2cccs2)cc1. The summed E-state index contributed by atoms with van der Waals surface area (Å²) in [5, 5.41) is 9.27. The van der Waals surface area contributed by atoms with Crippen LogP contribution in [0.15, 0.2) is 70.4 Å². The predicted octanol–water partition coefficient (Wildman–Crippen LogP) is 5.23. The van der Waals surface area contributed by atoms with Gasteiger partial charge in [-0.15, -0.1) is 11.3 Å². The van der Waals surface area contributed by atoms with Crippen molar-refractivity contribution in [3.05, 3.63) is 71.7 Å². The number of esters is 1. The van der Waals surface area contributed by atoms with Gasteiger partial charge in [-0.25, -0.2) is 8.42 Å². The van der Waals surface area contributed by atoms with E-state index in [2.05, 4.69) is 10.4 Å². The molecule has 40 heavy (non-hydrogen) atoms. The molecule has 1 atom stereocenters. The third-order valence-corrected chi connectivity index (χ3v) is 10.0. The maximum atomic E-state index is 13.3. The number of amides is 1. The van der Waals surface area contributed by atoms with Crippen LogP contribution in [0, 0.1) is 6.92 Å². The summed E-state index contributed by atoms with van der Waals surface area (Å²) in [5.74, 6) is -0.334. The lowest BCUT2D eigenvalue weighted by Crippen LogP contribution is -2.49. The Morgan fingerprint density at radius 2 is 1.85 bits per heavy atom. The molecule has 0 saturated carbocycles. The molecule has 11 heteroatoms. The molecule has 4 aromatic rings. The molecular weight excluding hydrogens is 548 g/mol. The molecule has 1 aliphatic heterocycles. The minimum Gasteiger partial charge on any atom is -0.426 e. The molecule has 3 heterocycles. The maximum Gasteiger partial charge on any atom is 0.308 e. The Balaban J connectivity index is 1.39. The van der Waals surface area contributed by atoms with Crippen LogP contribution in [-0.2, 0) is 26.7 Å². The van der Waals surface area contributed by atoms with Gasteiger partial charge in [-0.05, 0) is 61.0 Å². The topological polar surface area (TPSA) is 111 Å². The number of sulfonamides is 1. The standard InChI is InChI=1S/C29H30N4O5S2/c1-19-9-14-26(38-20(2)34)23(17-19)28-24(18-32(3)31-28)21-10-12-22(13-11-21)30-29(35)25-7-4-5-15-33(25)40(36,37)27-8-6-16-39-27/h6,8-14,16-18,25H,4-5,7,15H2,1-3H3,(H,30,35). The van der Waals surface area contributed by atoms with Crippen LogP contribution >= 0.6 is 11.3 Å². The quantitative estimate of drug-likeness (QED) is 0.238. The molecule has 5 rings (SSSR count). The maximum absolute atomic E-state index is 13.3. The number of benzene rings is 2. The van der Waals surface area contributed by atoms with Crippen molar-refractivity contribution in [2.45, 2.75) is 43.4 Å². The molecule has 0 bridgehead atoms. The van der Waals surface area contributed by atoms with E-state index in [9.17, 15) is 18.0 Å². The fourth-order valence-electron chi connectivity index (χ4n) is 4.91. The fraction of sp³-hybridized carbons (Fsp3) is 0.276. The number of aromatic nitrogens is 2. The number of hydrogen-bond donors (Lipinski definition) is 1. The molecule has 1 N–H and O–H groups in total. The monoisotopic (exact) mass is 578 g/mol. The van der Waals surface area contributed by atoms with Crippen molar-refractivity contribution in [2.75, 3.05) is 11.9 Å². The Kier molecular flexibility index (Phi) is 7.88. The molecule has 1 unspecified atom stereocenters. The molecule has 9 nitrogen and oxygen atoms in total. The second kappa shape index (κ2) is 11.4. The molecule has 1 aliphatic rings. The zero-order valence-electron chi connectivity index (χ0n) is 22.5. The first-order valence-electron chi connectivity index (χ1n) is 12.9. The number of carbonyl (C=O) groups excluding carboxylic acids is 2. The number of nitrogens with one attached hydrogen (secondary N) is 1. The van der Waals surface area contributed by atoms with E-state index < -0.39 is 22.0 Å². The van der Waals surface area contributed by atoms with Crippen LogP contribution in [-0.4, -0.2) is 47.0 Å². The van der Waals surface area contributed by atoms with Crippen LogP contribution in [0.4, 0.5) is 5.69 Å². The Bertz CT molecular complexity index is 1640. The van der Waals surface area contributed by atoms with E-state index in [0.717, 1.165) is 40.9 Å². The number of hydrogen-bond acceptors (Lipinski definition) is 7. The van der Waals surface area contributed by atoms with Gasteiger partial charge in [-0.3, -0.25) is 14.3 Å². The van der Waals surface area contributed by atoms with Gasteiger partial charge in [0.2, 0.25) is 5.91 Å². The molecule has 0 spiro atoms. The third kappa shape index (κ3) is 5.72. The van der Waals surface area contributed by atoms with Crippen molar-refractivity contribution in [1.82, 2.24) is 14.1 Å². The number of carbonyl (C=O) groups is 2. The summed E-state index contributed by atoms with van der Waals surface area (Å²) in [5.41, 5.74) is 4.62. The number of rotatable bonds is 7. The van der Waals surface area contributed by atoms with Gasteiger partial charge < -0.3 is 10.1 Å². The van der Waals surface area contributed by atoms with Crippen LogP contribution in [0.3, 0.4) is 0 Å². The molecular formula is C29H30N4O5S2.